The summed E-state index contributed by atoms with van der Waals surface area (Å²) in [7, 11) is 0. The highest BCUT2D eigenvalue weighted by atomic mass is 16.4. The molecule has 2 fully saturated rings. The van der Waals surface area contributed by atoms with Crippen molar-refractivity contribution in [1.29, 1.82) is 0 Å². The monoisotopic (exact) mass is 317 g/mol. The van der Waals surface area contributed by atoms with Gasteiger partial charge in [-0.3, -0.25) is 19.4 Å². The number of para-hydroxylation sites is 1. The molecular weight excluding hydrogens is 294 g/mol. The lowest BCUT2D eigenvalue weighted by molar-refractivity contribution is -0.145. The van der Waals surface area contributed by atoms with Crippen molar-refractivity contribution in [3.63, 3.8) is 0 Å². The molecule has 1 saturated carbocycles. The molecule has 0 spiro atoms. The zero-order valence-corrected chi connectivity index (χ0v) is 13.1. The average molecular weight is 317 g/mol. The molecule has 6 nitrogen and oxygen atoms in total. The first kappa shape index (κ1) is 16.0. The smallest absolute Gasteiger partial charge is 0.321 e. The van der Waals surface area contributed by atoms with Crippen LogP contribution in [0.2, 0.25) is 0 Å². The lowest BCUT2D eigenvalue weighted by atomic mass is 10.1. The Morgan fingerprint density at radius 1 is 1.13 bits per heavy atom. The highest BCUT2D eigenvalue weighted by Crippen LogP contribution is 2.35. The van der Waals surface area contributed by atoms with Crippen LogP contribution >= 0.6 is 0 Å². The first-order valence-electron chi connectivity index (χ1n) is 8.17. The van der Waals surface area contributed by atoms with E-state index in [1.54, 1.807) is 0 Å². The number of carboxylic acids is 1. The highest BCUT2D eigenvalue weighted by molar-refractivity contribution is 5.92. The number of nitrogens with one attached hydrogen (secondary N) is 1. The second-order valence-corrected chi connectivity index (χ2v) is 6.35. The summed E-state index contributed by atoms with van der Waals surface area (Å²) in [5, 5.41) is 12.3. The number of carbonyl (C=O) groups is 2. The number of hydrogen-bond acceptors (Lipinski definition) is 4. The van der Waals surface area contributed by atoms with Gasteiger partial charge in [-0.2, -0.15) is 0 Å². The second-order valence-electron chi connectivity index (χ2n) is 6.35. The summed E-state index contributed by atoms with van der Waals surface area (Å²) in [4.78, 5) is 27.6. The van der Waals surface area contributed by atoms with Gasteiger partial charge in [-0.05, 0) is 30.9 Å². The summed E-state index contributed by atoms with van der Waals surface area (Å²) in [5.41, 5.74) is 0.802. The second kappa shape index (κ2) is 7.10. The molecule has 1 aliphatic heterocycles. The Balaban J connectivity index is 1.45. The molecule has 0 aromatic heterocycles. The van der Waals surface area contributed by atoms with E-state index in [0.717, 1.165) is 31.6 Å². The SMILES string of the molecule is O=C(CN1CCN(C(C(=O)O)C2CC2)CC1)Nc1ccccc1. The fraction of sp³-hybridized carbons (Fsp3) is 0.529. The van der Waals surface area contributed by atoms with E-state index in [-0.39, 0.29) is 11.9 Å². The topological polar surface area (TPSA) is 72.9 Å². The van der Waals surface area contributed by atoms with Crippen molar-refractivity contribution in [3.8, 4) is 0 Å². The summed E-state index contributed by atoms with van der Waals surface area (Å²) >= 11 is 0. The zero-order valence-electron chi connectivity index (χ0n) is 13.1. The van der Waals surface area contributed by atoms with E-state index in [2.05, 4.69) is 15.1 Å². The van der Waals surface area contributed by atoms with Gasteiger partial charge in [0.05, 0.1) is 6.54 Å². The standard InChI is InChI=1S/C17H23N3O3/c21-15(18-14-4-2-1-3-5-14)12-19-8-10-20(11-9-19)16(17(22)23)13-6-7-13/h1-5,13,16H,6-12H2,(H,18,21)(H,22,23). The van der Waals surface area contributed by atoms with E-state index < -0.39 is 5.97 Å². The van der Waals surface area contributed by atoms with Crippen molar-refractivity contribution in [1.82, 2.24) is 9.80 Å². The minimum atomic E-state index is -0.706. The van der Waals surface area contributed by atoms with E-state index in [1.807, 2.05) is 30.3 Å². The van der Waals surface area contributed by atoms with Crippen LogP contribution in [-0.4, -0.2) is 65.5 Å². The van der Waals surface area contributed by atoms with Gasteiger partial charge in [-0.1, -0.05) is 18.2 Å². The van der Waals surface area contributed by atoms with E-state index in [4.69, 9.17) is 0 Å². The van der Waals surface area contributed by atoms with Crippen LogP contribution in [0.15, 0.2) is 30.3 Å². The molecule has 2 N–H and O–H groups in total. The maximum absolute atomic E-state index is 12.1. The Labute approximate surface area is 136 Å². The highest BCUT2D eigenvalue weighted by Gasteiger charge is 2.41. The summed E-state index contributed by atoms with van der Waals surface area (Å²) in [5.74, 6) is -0.412. The third-order valence-corrected chi connectivity index (χ3v) is 4.55. The van der Waals surface area contributed by atoms with E-state index in [1.165, 1.54) is 0 Å². The molecule has 1 saturated heterocycles. The molecular formula is C17H23N3O3. The van der Waals surface area contributed by atoms with Crippen molar-refractivity contribution in [3.05, 3.63) is 30.3 Å². The molecule has 23 heavy (non-hydrogen) atoms. The number of amides is 1. The summed E-state index contributed by atoms with van der Waals surface area (Å²) in [6.07, 6.45) is 2.05. The maximum Gasteiger partial charge on any atom is 0.321 e. The van der Waals surface area contributed by atoms with E-state index >= 15 is 0 Å². The van der Waals surface area contributed by atoms with Crippen LogP contribution in [0.3, 0.4) is 0 Å². The van der Waals surface area contributed by atoms with E-state index in [0.29, 0.717) is 25.6 Å². The molecule has 124 valence electrons. The predicted molar refractivity (Wildman–Crippen MR) is 87.2 cm³/mol. The molecule has 1 atom stereocenters. The molecule has 1 amide bonds. The van der Waals surface area contributed by atoms with Gasteiger partial charge in [0.15, 0.2) is 0 Å². The van der Waals surface area contributed by atoms with Crippen LogP contribution in [0.1, 0.15) is 12.8 Å². The van der Waals surface area contributed by atoms with Gasteiger partial charge in [0, 0.05) is 31.9 Å². The quantitative estimate of drug-likeness (QED) is 0.822. The number of aliphatic carboxylic acids is 1. The van der Waals surface area contributed by atoms with Gasteiger partial charge < -0.3 is 10.4 Å². The van der Waals surface area contributed by atoms with Crippen molar-refractivity contribution in [2.24, 2.45) is 5.92 Å². The van der Waals surface area contributed by atoms with Crippen molar-refractivity contribution in [2.45, 2.75) is 18.9 Å². The van der Waals surface area contributed by atoms with E-state index in [9.17, 15) is 14.7 Å². The van der Waals surface area contributed by atoms with Gasteiger partial charge in [0.1, 0.15) is 6.04 Å². The molecule has 1 unspecified atom stereocenters. The van der Waals surface area contributed by atoms with Crippen LogP contribution in [0.5, 0.6) is 0 Å². The van der Waals surface area contributed by atoms with Crippen LogP contribution in [0, 0.1) is 5.92 Å². The zero-order chi connectivity index (χ0) is 16.2. The minimum Gasteiger partial charge on any atom is -0.480 e. The number of piperazine rings is 1. The Hall–Kier alpha value is -1.92. The number of carbonyl (C=O) groups excluding carboxylic acids is 1. The Bertz CT molecular complexity index is 551. The maximum atomic E-state index is 12.1. The first-order valence-corrected chi connectivity index (χ1v) is 8.17. The summed E-state index contributed by atoms with van der Waals surface area (Å²) in [6.45, 7) is 3.25. The average Bonchev–Trinajstić information content (AvgIpc) is 3.34. The van der Waals surface area contributed by atoms with Gasteiger partial charge in [-0.15, -0.1) is 0 Å². The third kappa shape index (κ3) is 4.30. The predicted octanol–water partition coefficient (Wildman–Crippen LogP) is 1.11. The minimum absolute atomic E-state index is 0.0263. The van der Waals surface area contributed by atoms with Gasteiger partial charge >= 0.3 is 5.97 Å². The normalized spacial score (nSPS) is 20.9. The van der Waals surface area contributed by atoms with Crippen LogP contribution in [-0.2, 0) is 9.59 Å². The molecule has 3 rings (SSSR count). The fourth-order valence-corrected chi connectivity index (χ4v) is 3.19. The first-order chi connectivity index (χ1) is 11.1. The number of rotatable bonds is 6. The number of hydrogen-bond donors (Lipinski definition) is 2. The van der Waals surface area contributed by atoms with Crippen molar-refractivity contribution >= 4 is 17.6 Å². The summed E-state index contributed by atoms with van der Waals surface area (Å²) < 4.78 is 0. The Morgan fingerprint density at radius 3 is 2.35 bits per heavy atom. The number of nitrogens with zero attached hydrogens (tertiary/aromatic N) is 2. The molecule has 1 heterocycles. The van der Waals surface area contributed by atoms with Crippen molar-refractivity contribution in [2.75, 3.05) is 38.0 Å². The molecule has 1 aromatic rings. The van der Waals surface area contributed by atoms with Crippen LogP contribution in [0.4, 0.5) is 5.69 Å². The number of benzene rings is 1. The van der Waals surface area contributed by atoms with Crippen molar-refractivity contribution < 1.29 is 14.7 Å². The molecule has 0 radical (unpaired) electrons. The lowest BCUT2D eigenvalue weighted by Crippen LogP contribution is -2.54. The largest absolute Gasteiger partial charge is 0.480 e. The Kier molecular flexibility index (Phi) is 4.93. The molecule has 1 aromatic carbocycles. The molecule has 1 aliphatic carbocycles. The van der Waals surface area contributed by atoms with Crippen LogP contribution < -0.4 is 5.32 Å². The molecule has 2 aliphatic rings. The molecule has 6 heteroatoms. The lowest BCUT2D eigenvalue weighted by Gasteiger charge is -2.37. The summed E-state index contributed by atoms with van der Waals surface area (Å²) in [6, 6.07) is 9.08. The van der Waals surface area contributed by atoms with Crippen LogP contribution in [0.25, 0.3) is 0 Å². The van der Waals surface area contributed by atoms with Gasteiger partial charge in [-0.25, -0.2) is 0 Å². The number of carboxylic acid groups (broad SMARTS) is 1. The number of anilines is 1. The fourth-order valence-electron chi connectivity index (χ4n) is 3.19. The van der Waals surface area contributed by atoms with Gasteiger partial charge in [0.25, 0.3) is 0 Å². The Morgan fingerprint density at radius 2 is 1.78 bits per heavy atom. The van der Waals surface area contributed by atoms with Gasteiger partial charge in [0.2, 0.25) is 5.91 Å². The third-order valence-electron chi connectivity index (χ3n) is 4.55. The molecule has 0 bridgehead atoms.